The molecule has 1 rings (SSSR count). The number of rotatable bonds is 6. The number of likely N-dealkylation sites (N-methyl/N-ethyl adjacent to an activating group) is 1. The number of halogens is 3. The summed E-state index contributed by atoms with van der Waals surface area (Å²) in [5.74, 6) is -3.30. The van der Waals surface area contributed by atoms with Gasteiger partial charge in [-0.25, -0.2) is 8.78 Å². The Labute approximate surface area is 137 Å². The number of benzene rings is 1. The van der Waals surface area contributed by atoms with Crippen LogP contribution in [0.5, 0.6) is 0 Å². The van der Waals surface area contributed by atoms with Crippen LogP contribution in [-0.2, 0) is 14.4 Å². The van der Waals surface area contributed by atoms with Crippen molar-refractivity contribution in [2.24, 2.45) is 5.73 Å². The Kier molecular flexibility index (Phi) is 8.74. The average Bonchev–Trinajstić information content (AvgIpc) is 2.42. The molecular weight excluding hydrogens is 334 g/mol. The van der Waals surface area contributed by atoms with E-state index in [1.807, 2.05) is 0 Å². The molecule has 0 aliphatic heterocycles. The third-order valence-electron chi connectivity index (χ3n) is 2.58. The third kappa shape index (κ3) is 7.52. The van der Waals surface area contributed by atoms with Gasteiger partial charge < -0.3 is 21.3 Å². The first-order valence-electron chi connectivity index (χ1n) is 6.28. The van der Waals surface area contributed by atoms with Crippen molar-refractivity contribution < 1.29 is 23.2 Å². The highest BCUT2D eigenvalue weighted by Gasteiger charge is 2.14. The van der Waals surface area contributed by atoms with Gasteiger partial charge in [-0.1, -0.05) is 0 Å². The monoisotopic (exact) mass is 350 g/mol. The maximum absolute atomic E-state index is 13.0. The third-order valence-corrected chi connectivity index (χ3v) is 2.58. The molecule has 10 heteroatoms. The molecule has 0 saturated heterocycles. The number of hydrogen-bond acceptors (Lipinski definition) is 4. The Bertz CT molecular complexity index is 566. The van der Waals surface area contributed by atoms with Crippen molar-refractivity contribution in [3.05, 3.63) is 29.8 Å². The Morgan fingerprint density at radius 2 is 1.70 bits per heavy atom. The van der Waals surface area contributed by atoms with Crippen molar-refractivity contribution in [2.75, 3.05) is 32.0 Å². The van der Waals surface area contributed by atoms with Crippen molar-refractivity contribution in [1.82, 2.24) is 10.2 Å². The van der Waals surface area contributed by atoms with E-state index >= 15 is 0 Å². The normalized spacial score (nSPS) is 9.57. The van der Waals surface area contributed by atoms with Crippen LogP contribution in [0.1, 0.15) is 0 Å². The zero-order valence-corrected chi connectivity index (χ0v) is 13.1. The van der Waals surface area contributed by atoms with Gasteiger partial charge in [0, 0.05) is 18.8 Å². The fourth-order valence-electron chi connectivity index (χ4n) is 1.51. The van der Waals surface area contributed by atoms with E-state index in [-0.39, 0.29) is 37.7 Å². The standard InChI is InChI=1S/C13H16F2N4O3.ClH/c1-19(13(22)6-17-11(20)5-16)7-12(21)18-10-3-8(14)2-9(15)4-10;/h2-4H,5-7,16H2,1H3,(H,17,20)(H,18,21);1H. The fraction of sp³-hybridized carbons (Fsp3) is 0.308. The molecule has 1 aromatic carbocycles. The minimum absolute atomic E-state index is 0. The number of nitrogens with one attached hydrogen (secondary N) is 2. The van der Waals surface area contributed by atoms with Crippen LogP contribution >= 0.6 is 12.4 Å². The number of carbonyl (C=O) groups excluding carboxylic acids is 3. The van der Waals surface area contributed by atoms with Crippen molar-refractivity contribution in [1.29, 1.82) is 0 Å². The summed E-state index contributed by atoms with van der Waals surface area (Å²) in [6.07, 6.45) is 0. The number of hydrogen-bond donors (Lipinski definition) is 3. The quantitative estimate of drug-likeness (QED) is 0.664. The van der Waals surface area contributed by atoms with Gasteiger partial charge in [0.1, 0.15) is 11.6 Å². The van der Waals surface area contributed by atoms with E-state index in [1.54, 1.807) is 0 Å². The predicted octanol–water partition coefficient (Wildman–Crippen LogP) is -0.142. The lowest BCUT2D eigenvalue weighted by atomic mass is 10.3. The summed E-state index contributed by atoms with van der Waals surface area (Å²) in [5.41, 5.74) is 5.01. The van der Waals surface area contributed by atoms with E-state index in [0.717, 1.165) is 17.0 Å². The van der Waals surface area contributed by atoms with Gasteiger partial charge in [0.15, 0.2) is 0 Å². The molecule has 4 N–H and O–H groups in total. The predicted molar refractivity (Wildman–Crippen MR) is 81.9 cm³/mol. The zero-order chi connectivity index (χ0) is 16.7. The van der Waals surface area contributed by atoms with Gasteiger partial charge in [-0.2, -0.15) is 0 Å². The van der Waals surface area contributed by atoms with Crippen molar-refractivity contribution in [2.45, 2.75) is 0 Å². The first-order chi connectivity index (χ1) is 10.3. The molecule has 0 unspecified atom stereocenters. The van der Waals surface area contributed by atoms with Crippen molar-refractivity contribution in [3.63, 3.8) is 0 Å². The zero-order valence-electron chi connectivity index (χ0n) is 12.3. The molecule has 1 aromatic rings. The molecule has 0 spiro atoms. The highest BCUT2D eigenvalue weighted by Crippen LogP contribution is 2.12. The van der Waals surface area contributed by atoms with E-state index in [0.29, 0.717) is 6.07 Å². The molecular formula is C13H17ClF2N4O3. The highest BCUT2D eigenvalue weighted by atomic mass is 35.5. The molecule has 0 aromatic heterocycles. The summed E-state index contributed by atoms with van der Waals surface area (Å²) >= 11 is 0. The Morgan fingerprint density at radius 1 is 1.13 bits per heavy atom. The molecule has 0 aliphatic rings. The lowest BCUT2D eigenvalue weighted by Gasteiger charge is -2.17. The largest absolute Gasteiger partial charge is 0.346 e. The Hall–Kier alpha value is -2.26. The second-order valence-electron chi connectivity index (χ2n) is 4.44. The number of anilines is 1. The molecule has 7 nitrogen and oxygen atoms in total. The van der Waals surface area contributed by atoms with Gasteiger partial charge in [-0.3, -0.25) is 14.4 Å². The van der Waals surface area contributed by atoms with E-state index < -0.39 is 29.4 Å². The van der Waals surface area contributed by atoms with Gasteiger partial charge in [-0.05, 0) is 12.1 Å². The van der Waals surface area contributed by atoms with Crippen LogP contribution in [0.3, 0.4) is 0 Å². The summed E-state index contributed by atoms with van der Waals surface area (Å²) in [6, 6.07) is 2.57. The molecule has 0 aliphatic carbocycles. The summed E-state index contributed by atoms with van der Waals surface area (Å²) in [4.78, 5) is 35.3. The maximum Gasteiger partial charge on any atom is 0.243 e. The van der Waals surface area contributed by atoms with Crippen LogP contribution in [0.2, 0.25) is 0 Å². The molecule has 128 valence electrons. The van der Waals surface area contributed by atoms with Gasteiger partial charge >= 0.3 is 0 Å². The molecule has 0 atom stereocenters. The highest BCUT2D eigenvalue weighted by molar-refractivity contribution is 5.95. The molecule has 0 fully saturated rings. The molecule has 3 amide bonds. The van der Waals surface area contributed by atoms with Crippen LogP contribution < -0.4 is 16.4 Å². The SMILES string of the molecule is CN(CC(=O)Nc1cc(F)cc(F)c1)C(=O)CNC(=O)CN.Cl. The second kappa shape index (κ2) is 9.70. The molecule has 0 radical (unpaired) electrons. The van der Waals surface area contributed by atoms with Crippen LogP contribution in [-0.4, -0.2) is 49.3 Å². The number of amides is 3. The van der Waals surface area contributed by atoms with Gasteiger partial charge in [-0.15, -0.1) is 12.4 Å². The smallest absolute Gasteiger partial charge is 0.243 e. The molecule has 0 heterocycles. The van der Waals surface area contributed by atoms with Gasteiger partial charge in [0.05, 0.1) is 19.6 Å². The van der Waals surface area contributed by atoms with Crippen LogP contribution in [0.4, 0.5) is 14.5 Å². The summed E-state index contributed by atoms with van der Waals surface area (Å²) in [6.45, 7) is -0.882. The number of carbonyl (C=O) groups is 3. The van der Waals surface area contributed by atoms with E-state index in [9.17, 15) is 23.2 Å². The molecule has 0 bridgehead atoms. The van der Waals surface area contributed by atoms with E-state index in [1.165, 1.54) is 7.05 Å². The van der Waals surface area contributed by atoms with Crippen LogP contribution in [0, 0.1) is 11.6 Å². The number of nitrogens with zero attached hydrogens (tertiary/aromatic N) is 1. The average molecular weight is 351 g/mol. The lowest BCUT2D eigenvalue weighted by Crippen LogP contribution is -2.42. The number of nitrogens with two attached hydrogens (primary N) is 1. The molecule has 0 saturated carbocycles. The van der Waals surface area contributed by atoms with E-state index in [2.05, 4.69) is 10.6 Å². The Morgan fingerprint density at radius 3 is 2.22 bits per heavy atom. The van der Waals surface area contributed by atoms with E-state index in [4.69, 9.17) is 5.73 Å². The second-order valence-corrected chi connectivity index (χ2v) is 4.44. The van der Waals surface area contributed by atoms with Crippen molar-refractivity contribution in [3.8, 4) is 0 Å². The van der Waals surface area contributed by atoms with Gasteiger partial charge in [0.2, 0.25) is 17.7 Å². The topological polar surface area (TPSA) is 105 Å². The first-order valence-corrected chi connectivity index (χ1v) is 6.28. The first kappa shape index (κ1) is 20.7. The van der Waals surface area contributed by atoms with Crippen LogP contribution in [0.25, 0.3) is 0 Å². The minimum Gasteiger partial charge on any atom is -0.346 e. The molecule has 23 heavy (non-hydrogen) atoms. The summed E-state index contributed by atoms with van der Waals surface area (Å²) in [5, 5.41) is 4.53. The lowest BCUT2D eigenvalue weighted by molar-refractivity contribution is -0.134. The van der Waals surface area contributed by atoms with Crippen molar-refractivity contribution >= 4 is 35.8 Å². The minimum atomic E-state index is -0.829. The van der Waals surface area contributed by atoms with Crippen LogP contribution in [0.15, 0.2) is 18.2 Å². The maximum atomic E-state index is 13.0. The summed E-state index contributed by atoms with van der Waals surface area (Å²) < 4.78 is 25.9. The fourth-order valence-corrected chi connectivity index (χ4v) is 1.51. The summed E-state index contributed by atoms with van der Waals surface area (Å²) in [7, 11) is 1.35. The Balaban J connectivity index is 0.00000484. The van der Waals surface area contributed by atoms with Gasteiger partial charge in [0.25, 0.3) is 0 Å².